The van der Waals surface area contributed by atoms with Gasteiger partial charge in [0.2, 0.25) is 0 Å². The van der Waals surface area contributed by atoms with Crippen LogP contribution < -0.4 is 5.73 Å². The molecule has 1 saturated heterocycles. The van der Waals surface area contributed by atoms with E-state index >= 15 is 0 Å². The van der Waals surface area contributed by atoms with Crippen LogP contribution in [0.2, 0.25) is 0 Å². The first-order chi connectivity index (χ1) is 7.34. The number of benzene rings is 1. The highest BCUT2D eigenvalue weighted by Crippen LogP contribution is 2.11. The first-order valence-corrected chi connectivity index (χ1v) is 5.91. The molecule has 0 unspecified atom stereocenters. The Morgan fingerprint density at radius 2 is 1.93 bits per heavy atom. The molecule has 0 saturated carbocycles. The number of hydrogen-bond acceptors (Lipinski definition) is 2. The van der Waals surface area contributed by atoms with E-state index < -0.39 is 0 Å². The number of rotatable bonds is 3. The highest BCUT2D eigenvalue weighted by atomic mass is 15.1. The SMILES string of the molecule is Nc1cccc(CCN2CCCCC2)c1. The average Bonchev–Trinajstić information content (AvgIpc) is 2.28. The molecule has 2 N–H and O–H groups in total. The van der Waals surface area contributed by atoms with Crippen LogP contribution in [0.15, 0.2) is 24.3 Å². The fourth-order valence-electron chi connectivity index (χ4n) is 2.22. The number of anilines is 1. The Labute approximate surface area is 92.1 Å². The molecule has 0 aromatic heterocycles. The zero-order valence-corrected chi connectivity index (χ0v) is 9.28. The molecule has 1 heterocycles. The number of nitrogen functional groups attached to an aromatic ring is 1. The molecule has 0 bridgehead atoms. The van der Waals surface area contributed by atoms with Gasteiger partial charge in [-0.05, 0) is 50.0 Å². The van der Waals surface area contributed by atoms with E-state index in [0.717, 1.165) is 12.1 Å². The third-order valence-corrected chi connectivity index (χ3v) is 3.12. The van der Waals surface area contributed by atoms with Crippen LogP contribution in [0.3, 0.4) is 0 Å². The zero-order chi connectivity index (χ0) is 10.5. The molecule has 0 atom stereocenters. The molecule has 1 aliphatic rings. The van der Waals surface area contributed by atoms with E-state index in [1.54, 1.807) is 0 Å². The number of nitrogens with two attached hydrogens (primary N) is 1. The lowest BCUT2D eigenvalue weighted by Gasteiger charge is -2.26. The normalized spacial score (nSPS) is 17.9. The highest BCUT2D eigenvalue weighted by Gasteiger charge is 2.09. The molecular weight excluding hydrogens is 184 g/mol. The lowest BCUT2D eigenvalue weighted by molar-refractivity contribution is 0.231. The molecule has 0 radical (unpaired) electrons. The van der Waals surface area contributed by atoms with E-state index in [0.29, 0.717) is 0 Å². The summed E-state index contributed by atoms with van der Waals surface area (Å²) in [5.74, 6) is 0. The second-order valence-corrected chi connectivity index (χ2v) is 4.40. The first kappa shape index (κ1) is 10.5. The standard InChI is InChI=1S/C13H20N2/c14-13-6-4-5-12(11-13)7-10-15-8-2-1-3-9-15/h4-6,11H,1-3,7-10,14H2. The Bertz CT molecular complexity index is 303. The maximum Gasteiger partial charge on any atom is 0.0316 e. The molecule has 1 aromatic rings. The van der Waals surface area contributed by atoms with Crippen molar-refractivity contribution in [1.29, 1.82) is 0 Å². The fraction of sp³-hybridized carbons (Fsp3) is 0.538. The van der Waals surface area contributed by atoms with Gasteiger partial charge in [0.05, 0.1) is 0 Å². The highest BCUT2D eigenvalue weighted by molar-refractivity contribution is 5.40. The first-order valence-electron chi connectivity index (χ1n) is 5.91. The van der Waals surface area contributed by atoms with Crippen molar-refractivity contribution in [2.24, 2.45) is 0 Å². The second kappa shape index (κ2) is 5.17. The van der Waals surface area contributed by atoms with E-state index in [2.05, 4.69) is 17.0 Å². The topological polar surface area (TPSA) is 29.3 Å². The molecule has 0 spiro atoms. The van der Waals surface area contributed by atoms with Gasteiger partial charge < -0.3 is 10.6 Å². The summed E-state index contributed by atoms with van der Waals surface area (Å²) in [5, 5.41) is 0. The van der Waals surface area contributed by atoms with Gasteiger partial charge in [0.15, 0.2) is 0 Å². The predicted molar refractivity (Wildman–Crippen MR) is 64.8 cm³/mol. The van der Waals surface area contributed by atoms with Crippen molar-refractivity contribution >= 4 is 5.69 Å². The van der Waals surface area contributed by atoms with Crippen molar-refractivity contribution in [2.45, 2.75) is 25.7 Å². The van der Waals surface area contributed by atoms with Gasteiger partial charge in [-0.2, -0.15) is 0 Å². The van der Waals surface area contributed by atoms with Crippen LogP contribution in [0.1, 0.15) is 24.8 Å². The predicted octanol–water partition coefficient (Wildman–Crippen LogP) is 2.30. The van der Waals surface area contributed by atoms with Crippen LogP contribution in [-0.2, 0) is 6.42 Å². The summed E-state index contributed by atoms with van der Waals surface area (Å²) in [6.45, 7) is 3.74. The minimum Gasteiger partial charge on any atom is -0.399 e. The Kier molecular flexibility index (Phi) is 3.62. The second-order valence-electron chi connectivity index (χ2n) is 4.40. The summed E-state index contributed by atoms with van der Waals surface area (Å²) in [6, 6.07) is 8.25. The summed E-state index contributed by atoms with van der Waals surface area (Å²) >= 11 is 0. The Morgan fingerprint density at radius 3 is 2.67 bits per heavy atom. The van der Waals surface area contributed by atoms with Crippen LogP contribution in [0.4, 0.5) is 5.69 Å². The molecule has 0 amide bonds. The summed E-state index contributed by atoms with van der Waals surface area (Å²) in [5.41, 5.74) is 8.00. The molecule has 1 aliphatic heterocycles. The van der Waals surface area contributed by atoms with Gasteiger partial charge in [-0.1, -0.05) is 18.6 Å². The minimum absolute atomic E-state index is 0.881. The lowest BCUT2D eigenvalue weighted by Crippen LogP contribution is -2.31. The van der Waals surface area contributed by atoms with Crippen LogP contribution in [0.25, 0.3) is 0 Å². The zero-order valence-electron chi connectivity index (χ0n) is 9.28. The molecule has 2 nitrogen and oxygen atoms in total. The molecule has 1 aromatic carbocycles. The molecule has 15 heavy (non-hydrogen) atoms. The van der Waals surface area contributed by atoms with Crippen molar-refractivity contribution in [2.75, 3.05) is 25.4 Å². The van der Waals surface area contributed by atoms with Crippen LogP contribution in [-0.4, -0.2) is 24.5 Å². The largest absolute Gasteiger partial charge is 0.399 e. The Balaban J connectivity index is 1.81. The quantitative estimate of drug-likeness (QED) is 0.765. The molecule has 0 aliphatic carbocycles. The van der Waals surface area contributed by atoms with Gasteiger partial charge in [-0.15, -0.1) is 0 Å². The van der Waals surface area contributed by atoms with E-state index in [1.165, 1.54) is 44.5 Å². The van der Waals surface area contributed by atoms with E-state index in [4.69, 9.17) is 5.73 Å². The lowest BCUT2D eigenvalue weighted by atomic mass is 10.1. The Morgan fingerprint density at radius 1 is 1.13 bits per heavy atom. The number of likely N-dealkylation sites (tertiary alicyclic amines) is 1. The fourth-order valence-corrected chi connectivity index (χ4v) is 2.22. The molecular formula is C13H20N2. The van der Waals surface area contributed by atoms with Crippen molar-refractivity contribution in [3.05, 3.63) is 29.8 Å². The van der Waals surface area contributed by atoms with Crippen LogP contribution >= 0.6 is 0 Å². The maximum atomic E-state index is 5.75. The van der Waals surface area contributed by atoms with Gasteiger partial charge in [0.25, 0.3) is 0 Å². The average molecular weight is 204 g/mol. The van der Waals surface area contributed by atoms with Gasteiger partial charge in [0, 0.05) is 12.2 Å². The van der Waals surface area contributed by atoms with Crippen LogP contribution in [0, 0.1) is 0 Å². The number of nitrogens with zero attached hydrogens (tertiary/aromatic N) is 1. The number of piperidine rings is 1. The molecule has 2 heteroatoms. The third kappa shape index (κ3) is 3.24. The Hall–Kier alpha value is -1.02. The van der Waals surface area contributed by atoms with E-state index in [9.17, 15) is 0 Å². The van der Waals surface area contributed by atoms with Crippen molar-refractivity contribution < 1.29 is 0 Å². The van der Waals surface area contributed by atoms with Crippen molar-refractivity contribution in [1.82, 2.24) is 4.90 Å². The van der Waals surface area contributed by atoms with Gasteiger partial charge >= 0.3 is 0 Å². The van der Waals surface area contributed by atoms with Gasteiger partial charge in [-0.3, -0.25) is 0 Å². The van der Waals surface area contributed by atoms with Gasteiger partial charge in [0.1, 0.15) is 0 Å². The molecule has 2 rings (SSSR count). The molecule has 1 fully saturated rings. The summed E-state index contributed by atoms with van der Waals surface area (Å²) in [7, 11) is 0. The monoisotopic (exact) mass is 204 g/mol. The summed E-state index contributed by atoms with van der Waals surface area (Å²) in [4.78, 5) is 2.56. The van der Waals surface area contributed by atoms with E-state index in [-0.39, 0.29) is 0 Å². The van der Waals surface area contributed by atoms with Gasteiger partial charge in [-0.25, -0.2) is 0 Å². The van der Waals surface area contributed by atoms with E-state index in [1.807, 2.05) is 12.1 Å². The van der Waals surface area contributed by atoms with Crippen molar-refractivity contribution in [3.63, 3.8) is 0 Å². The van der Waals surface area contributed by atoms with Crippen LogP contribution in [0.5, 0.6) is 0 Å². The smallest absolute Gasteiger partial charge is 0.0316 e. The van der Waals surface area contributed by atoms with Crippen molar-refractivity contribution in [3.8, 4) is 0 Å². The summed E-state index contributed by atoms with van der Waals surface area (Å²) < 4.78 is 0. The number of hydrogen-bond donors (Lipinski definition) is 1. The summed E-state index contributed by atoms with van der Waals surface area (Å²) in [6.07, 6.45) is 5.29. The third-order valence-electron chi connectivity index (χ3n) is 3.12. The minimum atomic E-state index is 0.881. The molecule has 82 valence electrons. The maximum absolute atomic E-state index is 5.75.